The fraction of sp³-hybridized carbons (Fsp3) is 0.404. The van der Waals surface area contributed by atoms with Crippen molar-refractivity contribution in [1.29, 1.82) is 0 Å². The zero-order valence-corrected chi connectivity index (χ0v) is 37.2. The summed E-state index contributed by atoms with van der Waals surface area (Å²) in [5.41, 5.74) is 32.8. The van der Waals surface area contributed by atoms with Gasteiger partial charge in [-0.25, -0.2) is 0 Å². The first-order valence-corrected chi connectivity index (χ1v) is 22.6. The predicted molar refractivity (Wildman–Crippen MR) is 252 cm³/mol. The molecular formula is C47H60N14O6. The fourth-order valence-corrected chi connectivity index (χ4v) is 9.13. The van der Waals surface area contributed by atoms with Gasteiger partial charge in [0.1, 0.15) is 36.3 Å². The van der Waals surface area contributed by atoms with E-state index in [1.54, 1.807) is 30.5 Å². The van der Waals surface area contributed by atoms with Gasteiger partial charge in [0, 0.05) is 68.6 Å². The number of amides is 6. The van der Waals surface area contributed by atoms with E-state index >= 15 is 4.79 Å². The summed E-state index contributed by atoms with van der Waals surface area (Å²) in [6.45, 7) is 0.309. The highest BCUT2D eigenvalue weighted by molar-refractivity contribution is 5.99. The van der Waals surface area contributed by atoms with Crippen molar-refractivity contribution in [1.82, 2.24) is 36.1 Å². The van der Waals surface area contributed by atoms with Crippen molar-refractivity contribution >= 4 is 58.3 Å². The van der Waals surface area contributed by atoms with Crippen molar-refractivity contribution in [3.63, 3.8) is 0 Å². The molecular weight excluding hydrogens is 857 g/mol. The highest BCUT2D eigenvalue weighted by atomic mass is 16.2. The molecule has 2 fully saturated rings. The minimum Gasteiger partial charge on any atom is -0.370 e. The molecule has 4 heterocycles. The molecule has 0 radical (unpaired) electrons. The van der Waals surface area contributed by atoms with Gasteiger partial charge in [-0.3, -0.25) is 38.8 Å². The van der Waals surface area contributed by atoms with Gasteiger partial charge in [0.05, 0.1) is 0 Å². The number of hydrogen-bond donors (Lipinski definition) is 10. The van der Waals surface area contributed by atoms with E-state index in [0.717, 1.165) is 22.0 Å². The topological polar surface area (TPSA) is 328 Å². The number of nitrogens with zero attached hydrogens (tertiary/aromatic N) is 4. The number of aromatic nitrogens is 1. The minimum absolute atomic E-state index is 0.00842. The van der Waals surface area contributed by atoms with Crippen LogP contribution in [-0.4, -0.2) is 124 Å². The summed E-state index contributed by atoms with van der Waals surface area (Å²) in [5.74, 6) is -4.04. The van der Waals surface area contributed by atoms with Crippen molar-refractivity contribution in [2.24, 2.45) is 38.7 Å². The molecule has 6 amide bonds. The van der Waals surface area contributed by atoms with E-state index in [2.05, 4.69) is 36.2 Å². The molecule has 3 aliphatic heterocycles. The van der Waals surface area contributed by atoms with Crippen molar-refractivity contribution in [2.45, 2.75) is 100 Å². The molecule has 3 aliphatic rings. The average Bonchev–Trinajstić information content (AvgIpc) is 3.92. The molecule has 20 heteroatoms. The first-order valence-electron chi connectivity index (χ1n) is 22.6. The summed E-state index contributed by atoms with van der Waals surface area (Å²) in [5, 5.41) is 12.4. The number of H-pyrrole nitrogens is 1. The molecule has 67 heavy (non-hydrogen) atoms. The Morgan fingerprint density at radius 3 is 1.85 bits per heavy atom. The van der Waals surface area contributed by atoms with Crippen LogP contribution in [0.1, 0.15) is 54.4 Å². The SMILES string of the molecule is NC(N)=NCCC[C@@H]1NC(=O)[C@@H]2Cc3ccccc3CN2C(=O)[C@H]2C[C@@H](N)CN2C(=O)[C@H](CCCN=C(N)N)NC(=O)[C@H](Cc2c[nH]c3ccccc23)NC(=O)[C@@H](Cc2ccccc2)NC1=O. The molecule has 3 aromatic carbocycles. The number of para-hydroxylation sites is 1. The number of carbonyl (C=O) groups is 6. The smallest absolute Gasteiger partial charge is 0.246 e. The molecule has 15 N–H and O–H groups in total. The molecule has 0 saturated carbocycles. The lowest BCUT2D eigenvalue weighted by molar-refractivity contribution is -0.150. The van der Waals surface area contributed by atoms with Gasteiger partial charge in [-0.1, -0.05) is 72.8 Å². The Hall–Kier alpha value is -7.48. The fourth-order valence-electron chi connectivity index (χ4n) is 9.13. The first kappa shape index (κ1) is 47.5. The number of benzene rings is 3. The number of aromatic amines is 1. The van der Waals surface area contributed by atoms with E-state index in [-0.39, 0.29) is 89.5 Å². The van der Waals surface area contributed by atoms with Crippen LogP contribution in [0.15, 0.2) is 95.0 Å². The summed E-state index contributed by atoms with van der Waals surface area (Å²) in [6.07, 6.45) is 2.59. The zero-order chi connectivity index (χ0) is 47.6. The van der Waals surface area contributed by atoms with E-state index in [1.165, 1.54) is 9.80 Å². The standard InChI is InChI=1S/C47H60N14O6/c48-31-23-39-45(67)60-25-29-13-5-4-12-28(29)22-38(60)43(65)56-34(16-8-18-53-46(49)50)40(62)58-36(20-27-10-2-1-3-11-27)41(63)59-37(21-30-24-55-33-15-7-6-14-32(30)33)42(64)57-35(44(66)61(39)26-31)17-9-19-54-47(51)52/h1-7,10-15,24,31,34-39,55H,8-9,16-23,25-26,48H2,(H,56,65)(H,57,64)(H,58,62)(H,59,63)(H4,49,50,53)(H4,51,52,54)/t31-,34+,35+,36-,37+,38+,39-/m1/s1. The van der Waals surface area contributed by atoms with Crippen LogP contribution in [0.4, 0.5) is 0 Å². The van der Waals surface area contributed by atoms with E-state index in [0.29, 0.717) is 11.1 Å². The van der Waals surface area contributed by atoms with Crippen molar-refractivity contribution in [2.75, 3.05) is 19.6 Å². The van der Waals surface area contributed by atoms with Gasteiger partial charge < -0.3 is 64.7 Å². The second kappa shape index (κ2) is 21.7. The molecule has 354 valence electrons. The third kappa shape index (κ3) is 11.9. The van der Waals surface area contributed by atoms with Gasteiger partial charge in [-0.15, -0.1) is 0 Å². The molecule has 7 atom stereocenters. The van der Waals surface area contributed by atoms with Crippen molar-refractivity contribution in [3.05, 3.63) is 107 Å². The van der Waals surface area contributed by atoms with Gasteiger partial charge in [-0.05, 0) is 60.4 Å². The maximum atomic E-state index is 15.0. The highest BCUT2D eigenvalue weighted by Gasteiger charge is 2.46. The average molecular weight is 917 g/mol. The number of fused-ring (bicyclic) bond motifs is 4. The van der Waals surface area contributed by atoms with E-state index < -0.39 is 77.7 Å². The summed E-state index contributed by atoms with van der Waals surface area (Å²) in [7, 11) is 0. The lowest BCUT2D eigenvalue weighted by atomic mass is 9.92. The molecule has 0 aliphatic carbocycles. The summed E-state index contributed by atoms with van der Waals surface area (Å²) in [4.78, 5) is 103. The van der Waals surface area contributed by atoms with Gasteiger partial charge >= 0.3 is 0 Å². The number of nitrogens with two attached hydrogens (primary N) is 5. The molecule has 2 saturated heterocycles. The number of nitrogens with one attached hydrogen (secondary N) is 5. The molecule has 0 spiro atoms. The lowest BCUT2D eigenvalue weighted by Crippen LogP contribution is -2.63. The second-order valence-electron chi connectivity index (χ2n) is 17.4. The summed E-state index contributed by atoms with van der Waals surface area (Å²) < 4.78 is 0. The molecule has 7 rings (SSSR count). The lowest BCUT2D eigenvalue weighted by Gasteiger charge is -2.40. The molecule has 20 nitrogen and oxygen atoms in total. The van der Waals surface area contributed by atoms with Crippen molar-refractivity contribution in [3.8, 4) is 0 Å². The molecule has 0 unspecified atom stereocenters. The summed E-state index contributed by atoms with van der Waals surface area (Å²) in [6, 6.07) is 16.2. The second-order valence-corrected chi connectivity index (χ2v) is 17.4. The Morgan fingerprint density at radius 2 is 1.16 bits per heavy atom. The minimum atomic E-state index is -1.28. The number of rotatable bonds is 12. The van der Waals surface area contributed by atoms with Gasteiger partial charge in [0.2, 0.25) is 35.4 Å². The molecule has 0 bridgehead atoms. The number of aliphatic imine (C=N–C) groups is 2. The number of guanidine groups is 2. The van der Waals surface area contributed by atoms with E-state index in [4.69, 9.17) is 28.7 Å². The van der Waals surface area contributed by atoms with Crippen LogP contribution in [-0.2, 0) is 54.6 Å². The molecule has 4 aromatic rings. The van der Waals surface area contributed by atoms with E-state index in [9.17, 15) is 24.0 Å². The van der Waals surface area contributed by atoms with Crippen LogP contribution in [0.2, 0.25) is 0 Å². The van der Waals surface area contributed by atoms with Crippen molar-refractivity contribution < 1.29 is 28.8 Å². The Bertz CT molecular complexity index is 2500. The first-order chi connectivity index (χ1) is 32.2. The Balaban J connectivity index is 1.31. The number of hydrogen-bond acceptors (Lipinski definition) is 9. The third-order valence-electron chi connectivity index (χ3n) is 12.5. The van der Waals surface area contributed by atoms with Crippen LogP contribution in [0.25, 0.3) is 10.9 Å². The third-order valence-corrected chi connectivity index (χ3v) is 12.5. The number of carbonyl (C=O) groups excluding carboxylic acids is 6. The molecule has 1 aromatic heterocycles. The van der Waals surface area contributed by atoms with Gasteiger partial charge in [-0.2, -0.15) is 0 Å². The van der Waals surface area contributed by atoms with Crippen LogP contribution in [0.3, 0.4) is 0 Å². The Labute approximate surface area is 387 Å². The van der Waals surface area contributed by atoms with Crippen LogP contribution >= 0.6 is 0 Å². The monoisotopic (exact) mass is 916 g/mol. The van der Waals surface area contributed by atoms with Gasteiger partial charge in [0.25, 0.3) is 0 Å². The quantitative estimate of drug-likeness (QED) is 0.0462. The van der Waals surface area contributed by atoms with E-state index in [1.807, 2.05) is 54.6 Å². The van der Waals surface area contributed by atoms with Crippen LogP contribution in [0, 0.1) is 0 Å². The maximum absolute atomic E-state index is 15.0. The highest BCUT2D eigenvalue weighted by Crippen LogP contribution is 2.29. The van der Waals surface area contributed by atoms with Gasteiger partial charge in [0.15, 0.2) is 11.9 Å². The zero-order valence-electron chi connectivity index (χ0n) is 37.2. The Morgan fingerprint density at radius 1 is 0.597 bits per heavy atom. The maximum Gasteiger partial charge on any atom is 0.246 e. The normalized spacial score (nSPS) is 23.9. The van der Waals surface area contributed by atoms with Crippen LogP contribution < -0.4 is 49.9 Å². The Kier molecular flexibility index (Phi) is 15.4. The summed E-state index contributed by atoms with van der Waals surface area (Å²) >= 11 is 0. The largest absolute Gasteiger partial charge is 0.370 e. The van der Waals surface area contributed by atoms with Crippen LogP contribution in [0.5, 0.6) is 0 Å². The predicted octanol–water partition coefficient (Wildman–Crippen LogP) is -1.11.